The Morgan fingerprint density at radius 3 is 2.77 bits per heavy atom. The van der Waals surface area contributed by atoms with Crippen molar-refractivity contribution in [2.45, 2.75) is 13.8 Å². The molecule has 7 nitrogen and oxygen atoms in total. The van der Waals surface area contributed by atoms with Crippen LogP contribution >= 0.6 is 0 Å². The predicted molar refractivity (Wildman–Crippen MR) is 93.4 cm³/mol. The highest BCUT2D eigenvalue weighted by molar-refractivity contribution is 6.15. The summed E-state index contributed by atoms with van der Waals surface area (Å²) in [5.74, 6) is 0.476. The molecular formula is C19H15NO6. The Morgan fingerprint density at radius 2 is 2.08 bits per heavy atom. The van der Waals surface area contributed by atoms with Crippen molar-refractivity contribution in [3.63, 3.8) is 0 Å². The second kappa shape index (κ2) is 6.79. The molecular weight excluding hydrogens is 338 g/mol. The molecule has 1 aliphatic rings. The van der Waals surface area contributed by atoms with Crippen LogP contribution in [0.3, 0.4) is 0 Å². The molecule has 0 saturated heterocycles. The quantitative estimate of drug-likeness (QED) is 0.464. The first-order valence-electron chi connectivity index (χ1n) is 7.81. The molecule has 2 aromatic carbocycles. The number of hydrogen-bond donors (Lipinski definition) is 0. The van der Waals surface area contributed by atoms with E-state index in [1.807, 2.05) is 0 Å². The molecule has 0 spiro atoms. The number of fused-ring (bicyclic) bond motifs is 1. The molecule has 0 aromatic heterocycles. The summed E-state index contributed by atoms with van der Waals surface area (Å²) in [6.45, 7) is 3.09. The minimum Gasteiger partial charge on any atom is -0.485 e. The topological polar surface area (TPSA) is 95.7 Å². The number of non-ortho nitro benzene ring substituents is 1. The summed E-state index contributed by atoms with van der Waals surface area (Å²) >= 11 is 0. The van der Waals surface area contributed by atoms with E-state index in [9.17, 15) is 19.7 Å². The van der Waals surface area contributed by atoms with Crippen LogP contribution in [0.1, 0.15) is 28.4 Å². The summed E-state index contributed by atoms with van der Waals surface area (Å²) < 4.78 is 11.1. The minimum atomic E-state index is -0.503. The zero-order valence-electron chi connectivity index (χ0n) is 14.1. The maximum Gasteiger partial charge on any atom is 0.270 e. The third-order valence-electron chi connectivity index (χ3n) is 3.85. The van der Waals surface area contributed by atoms with E-state index >= 15 is 0 Å². The molecule has 3 rings (SSSR count). The number of ketones is 2. The number of carbonyl (C=O) groups is 2. The van der Waals surface area contributed by atoms with Gasteiger partial charge in [0.2, 0.25) is 5.78 Å². The third kappa shape index (κ3) is 3.32. The van der Waals surface area contributed by atoms with Gasteiger partial charge in [-0.15, -0.1) is 0 Å². The first kappa shape index (κ1) is 17.3. The number of Topliss-reactive ketones (excluding diaryl/α,β-unsaturated/α-hetero) is 2. The molecule has 0 unspecified atom stereocenters. The van der Waals surface area contributed by atoms with Crippen molar-refractivity contribution in [3.8, 4) is 11.5 Å². The molecule has 0 atom stereocenters. The van der Waals surface area contributed by atoms with Gasteiger partial charge >= 0.3 is 0 Å². The fourth-order valence-corrected chi connectivity index (χ4v) is 2.58. The van der Waals surface area contributed by atoms with Gasteiger partial charge in [0.05, 0.1) is 10.5 Å². The number of rotatable bonds is 5. The van der Waals surface area contributed by atoms with Crippen molar-refractivity contribution in [3.05, 3.63) is 69.0 Å². The van der Waals surface area contributed by atoms with E-state index in [1.54, 1.807) is 25.1 Å². The molecule has 0 saturated carbocycles. The molecule has 1 heterocycles. The second-order valence-corrected chi connectivity index (χ2v) is 5.85. The van der Waals surface area contributed by atoms with Gasteiger partial charge in [-0.2, -0.15) is 0 Å². The van der Waals surface area contributed by atoms with Crippen LogP contribution in [0.4, 0.5) is 5.69 Å². The Hall–Kier alpha value is -3.48. The third-order valence-corrected chi connectivity index (χ3v) is 3.85. The molecule has 0 bridgehead atoms. The maximum absolute atomic E-state index is 12.5. The number of nitro groups is 1. The number of ether oxygens (including phenoxy) is 2. The lowest BCUT2D eigenvalue weighted by molar-refractivity contribution is -0.384. The van der Waals surface area contributed by atoms with E-state index in [2.05, 4.69) is 0 Å². The van der Waals surface area contributed by atoms with E-state index in [0.29, 0.717) is 28.2 Å². The first-order valence-corrected chi connectivity index (χ1v) is 7.81. The minimum absolute atomic E-state index is 0.0655. The smallest absolute Gasteiger partial charge is 0.270 e. The van der Waals surface area contributed by atoms with Gasteiger partial charge in [-0.25, -0.2) is 0 Å². The van der Waals surface area contributed by atoms with E-state index < -0.39 is 4.92 Å². The number of carbonyl (C=O) groups excluding carboxylic acids is 2. The molecule has 0 N–H and O–H groups in total. The lowest BCUT2D eigenvalue weighted by Crippen LogP contribution is -2.07. The lowest BCUT2D eigenvalue weighted by atomic mass is 10.1. The van der Waals surface area contributed by atoms with Crippen LogP contribution in [0.25, 0.3) is 6.08 Å². The Balaban J connectivity index is 1.92. The van der Waals surface area contributed by atoms with Gasteiger partial charge in [-0.05, 0) is 37.6 Å². The highest BCUT2D eigenvalue weighted by atomic mass is 16.6. The van der Waals surface area contributed by atoms with Crippen molar-refractivity contribution >= 4 is 23.3 Å². The van der Waals surface area contributed by atoms with Gasteiger partial charge in [0.25, 0.3) is 5.69 Å². The summed E-state index contributed by atoms with van der Waals surface area (Å²) in [6.07, 6.45) is 1.46. The zero-order valence-corrected chi connectivity index (χ0v) is 14.1. The Bertz CT molecular complexity index is 960. The number of allylic oxidation sites excluding steroid dienone is 1. The monoisotopic (exact) mass is 353 g/mol. The fourth-order valence-electron chi connectivity index (χ4n) is 2.58. The normalized spacial score (nSPS) is 14.1. The molecule has 0 radical (unpaired) electrons. The van der Waals surface area contributed by atoms with Gasteiger partial charge < -0.3 is 9.47 Å². The van der Waals surface area contributed by atoms with E-state index in [0.717, 1.165) is 0 Å². The number of nitro benzene ring substituents is 1. The molecule has 7 heteroatoms. The average Bonchev–Trinajstić information content (AvgIpc) is 2.91. The molecule has 2 aromatic rings. The lowest BCUT2D eigenvalue weighted by Gasteiger charge is -2.10. The van der Waals surface area contributed by atoms with Crippen LogP contribution < -0.4 is 9.47 Å². The highest BCUT2D eigenvalue weighted by Crippen LogP contribution is 2.39. The Kier molecular flexibility index (Phi) is 4.53. The van der Waals surface area contributed by atoms with E-state index in [-0.39, 0.29) is 29.6 Å². The number of hydrogen-bond acceptors (Lipinski definition) is 6. The summed E-state index contributed by atoms with van der Waals surface area (Å²) in [7, 11) is 0. The van der Waals surface area contributed by atoms with Gasteiger partial charge in [0.15, 0.2) is 11.5 Å². The van der Waals surface area contributed by atoms with Gasteiger partial charge in [-0.3, -0.25) is 19.7 Å². The summed E-state index contributed by atoms with van der Waals surface area (Å²) in [4.78, 5) is 34.0. The summed E-state index contributed by atoms with van der Waals surface area (Å²) in [5, 5.41) is 10.9. The maximum atomic E-state index is 12.5. The van der Waals surface area contributed by atoms with Crippen LogP contribution in [-0.4, -0.2) is 23.1 Å². The van der Waals surface area contributed by atoms with Gasteiger partial charge in [-0.1, -0.05) is 12.1 Å². The largest absolute Gasteiger partial charge is 0.485 e. The molecule has 1 aliphatic heterocycles. The predicted octanol–water partition coefficient (Wildman–Crippen LogP) is 3.49. The SMILES string of the molecule is CC(=O)COc1ccc2c(c1C)O/C(=C\c1cccc([N+](=O)[O-])c1)C2=O. The van der Waals surface area contributed by atoms with Crippen LogP contribution in [-0.2, 0) is 4.79 Å². The average molecular weight is 353 g/mol. The molecule has 132 valence electrons. The molecule has 26 heavy (non-hydrogen) atoms. The van der Waals surface area contributed by atoms with Crippen LogP contribution in [0.2, 0.25) is 0 Å². The van der Waals surface area contributed by atoms with E-state index in [4.69, 9.17) is 9.47 Å². The van der Waals surface area contributed by atoms with Crippen LogP contribution in [0, 0.1) is 17.0 Å². The first-order chi connectivity index (χ1) is 12.4. The Labute approximate surface area is 149 Å². The second-order valence-electron chi connectivity index (χ2n) is 5.85. The van der Waals surface area contributed by atoms with Gasteiger partial charge in [0, 0.05) is 17.7 Å². The van der Waals surface area contributed by atoms with Crippen molar-refractivity contribution in [1.29, 1.82) is 0 Å². The van der Waals surface area contributed by atoms with Crippen molar-refractivity contribution in [2.24, 2.45) is 0 Å². The van der Waals surface area contributed by atoms with Crippen LogP contribution in [0.15, 0.2) is 42.2 Å². The molecule has 0 amide bonds. The summed E-state index contributed by atoms with van der Waals surface area (Å²) in [6, 6.07) is 9.12. The fraction of sp³-hybridized carbons (Fsp3) is 0.158. The molecule has 0 fully saturated rings. The zero-order chi connectivity index (χ0) is 18.8. The Morgan fingerprint density at radius 1 is 1.31 bits per heavy atom. The van der Waals surface area contributed by atoms with Crippen LogP contribution in [0.5, 0.6) is 11.5 Å². The summed E-state index contributed by atoms with van der Waals surface area (Å²) in [5.41, 5.74) is 1.41. The highest BCUT2D eigenvalue weighted by Gasteiger charge is 2.30. The van der Waals surface area contributed by atoms with E-state index in [1.165, 1.54) is 31.2 Å². The number of benzene rings is 2. The van der Waals surface area contributed by atoms with Gasteiger partial charge in [0.1, 0.15) is 18.1 Å². The number of nitrogens with zero attached hydrogens (tertiary/aromatic N) is 1. The standard InChI is InChI=1S/C19H15NO6/c1-11(21)10-25-16-7-6-15-18(22)17(26-19(15)12(16)2)9-13-4-3-5-14(8-13)20(23)24/h3-9H,10H2,1-2H3/b17-9-. The molecule has 0 aliphatic carbocycles. The van der Waals surface area contributed by atoms with Crippen molar-refractivity contribution in [2.75, 3.05) is 6.61 Å². The van der Waals surface area contributed by atoms with Crippen molar-refractivity contribution < 1.29 is 24.0 Å². The van der Waals surface area contributed by atoms with Crippen molar-refractivity contribution in [1.82, 2.24) is 0 Å².